The van der Waals surface area contributed by atoms with Gasteiger partial charge in [-0.2, -0.15) is 13.2 Å². The highest BCUT2D eigenvalue weighted by atomic mass is 19.4. The zero-order valence-electron chi connectivity index (χ0n) is 15.7. The zero-order valence-corrected chi connectivity index (χ0v) is 15.7. The third-order valence-electron chi connectivity index (χ3n) is 4.99. The van der Waals surface area contributed by atoms with E-state index < -0.39 is 23.3 Å². The minimum absolute atomic E-state index is 0.0223. The molecule has 1 heterocycles. The molecular formula is C20H22F3N3O3. The number of benzene rings is 2. The third-order valence-corrected chi connectivity index (χ3v) is 4.99. The Balaban J connectivity index is 1.66. The number of piperidine rings is 1. The van der Waals surface area contributed by atoms with Crippen molar-refractivity contribution in [2.24, 2.45) is 0 Å². The van der Waals surface area contributed by atoms with Gasteiger partial charge in [-0.3, -0.25) is 15.0 Å². The summed E-state index contributed by atoms with van der Waals surface area (Å²) < 4.78 is 38.7. The number of rotatable bonds is 6. The number of aliphatic hydroxyl groups excluding tert-OH is 1. The fraction of sp³-hybridized carbons (Fsp3) is 0.400. The first-order valence-electron chi connectivity index (χ1n) is 9.29. The van der Waals surface area contributed by atoms with Crippen LogP contribution in [0.15, 0.2) is 42.5 Å². The number of nitro groups is 1. The topological polar surface area (TPSA) is 78.6 Å². The average Bonchev–Trinajstić information content (AvgIpc) is 2.68. The van der Waals surface area contributed by atoms with Gasteiger partial charge >= 0.3 is 6.18 Å². The highest BCUT2D eigenvalue weighted by Crippen LogP contribution is 2.30. The van der Waals surface area contributed by atoms with Crippen LogP contribution >= 0.6 is 0 Å². The number of nitrogens with one attached hydrogen (secondary N) is 1. The predicted octanol–water partition coefficient (Wildman–Crippen LogP) is 4.18. The van der Waals surface area contributed by atoms with Crippen LogP contribution in [0.5, 0.6) is 0 Å². The first-order chi connectivity index (χ1) is 13.8. The maximum Gasteiger partial charge on any atom is 0.416 e. The van der Waals surface area contributed by atoms with Crippen molar-refractivity contribution < 1.29 is 23.2 Å². The quantitative estimate of drug-likeness (QED) is 0.553. The number of anilines is 1. The molecule has 0 spiro atoms. The zero-order chi connectivity index (χ0) is 21.0. The number of nitro benzene ring substituents is 1. The van der Waals surface area contributed by atoms with Crippen LogP contribution in [0.4, 0.5) is 24.5 Å². The van der Waals surface area contributed by atoms with Gasteiger partial charge in [0.2, 0.25) is 0 Å². The molecule has 2 aromatic carbocycles. The summed E-state index contributed by atoms with van der Waals surface area (Å²) in [5.41, 5.74) is 0.630. The van der Waals surface area contributed by atoms with E-state index in [9.17, 15) is 28.4 Å². The molecule has 3 rings (SSSR count). The van der Waals surface area contributed by atoms with Gasteiger partial charge in [0.1, 0.15) is 0 Å². The highest BCUT2D eigenvalue weighted by molar-refractivity contribution is 5.55. The summed E-state index contributed by atoms with van der Waals surface area (Å²) in [6.45, 7) is 1.39. The van der Waals surface area contributed by atoms with Gasteiger partial charge in [-0.15, -0.1) is 0 Å². The van der Waals surface area contributed by atoms with E-state index in [1.807, 2.05) is 0 Å². The van der Waals surface area contributed by atoms with Crippen molar-refractivity contribution in [1.29, 1.82) is 0 Å². The van der Waals surface area contributed by atoms with E-state index in [-0.39, 0.29) is 17.3 Å². The molecule has 6 nitrogen and oxygen atoms in total. The summed E-state index contributed by atoms with van der Waals surface area (Å²) >= 11 is 0. The van der Waals surface area contributed by atoms with Crippen molar-refractivity contribution >= 4 is 11.4 Å². The van der Waals surface area contributed by atoms with E-state index in [1.54, 1.807) is 12.1 Å². The number of halogens is 3. The van der Waals surface area contributed by atoms with E-state index >= 15 is 0 Å². The molecule has 0 unspecified atom stereocenters. The summed E-state index contributed by atoms with van der Waals surface area (Å²) in [6.07, 6.45) is -2.64. The van der Waals surface area contributed by atoms with Gasteiger partial charge in [0, 0.05) is 30.9 Å². The van der Waals surface area contributed by atoms with Crippen LogP contribution in [0.3, 0.4) is 0 Å². The molecule has 2 N–H and O–H groups in total. The van der Waals surface area contributed by atoms with E-state index in [0.29, 0.717) is 24.3 Å². The first-order valence-corrected chi connectivity index (χ1v) is 9.29. The Morgan fingerprint density at radius 3 is 2.72 bits per heavy atom. The molecule has 0 saturated carbocycles. The van der Waals surface area contributed by atoms with Gasteiger partial charge in [0.15, 0.2) is 0 Å². The molecule has 0 radical (unpaired) electrons. The average molecular weight is 409 g/mol. The van der Waals surface area contributed by atoms with Crippen molar-refractivity contribution in [3.63, 3.8) is 0 Å². The van der Waals surface area contributed by atoms with Crippen molar-refractivity contribution in [1.82, 2.24) is 4.90 Å². The fourth-order valence-electron chi connectivity index (χ4n) is 3.61. The van der Waals surface area contributed by atoms with E-state index in [1.165, 1.54) is 24.3 Å². The van der Waals surface area contributed by atoms with Gasteiger partial charge in [0.05, 0.1) is 22.7 Å². The molecule has 9 heteroatoms. The third kappa shape index (κ3) is 5.45. The van der Waals surface area contributed by atoms with Gasteiger partial charge < -0.3 is 10.4 Å². The van der Waals surface area contributed by atoms with Crippen molar-refractivity contribution in [2.75, 3.05) is 18.4 Å². The molecule has 0 amide bonds. The van der Waals surface area contributed by atoms with Gasteiger partial charge in [-0.25, -0.2) is 0 Å². The molecule has 1 saturated heterocycles. The lowest BCUT2D eigenvalue weighted by Gasteiger charge is -2.33. The molecule has 156 valence electrons. The van der Waals surface area contributed by atoms with Crippen LogP contribution in [-0.4, -0.2) is 34.1 Å². The minimum Gasteiger partial charge on any atom is -0.391 e. The molecule has 1 aliphatic heterocycles. The lowest BCUT2D eigenvalue weighted by molar-refractivity contribution is -0.385. The summed E-state index contributed by atoms with van der Waals surface area (Å²) in [5, 5.41) is 23.7. The normalized spacial score (nSPS) is 17.9. The van der Waals surface area contributed by atoms with Crippen molar-refractivity contribution in [3.05, 3.63) is 69.3 Å². The van der Waals surface area contributed by atoms with Crippen LogP contribution < -0.4 is 5.32 Å². The van der Waals surface area contributed by atoms with Gasteiger partial charge in [0.25, 0.3) is 5.69 Å². The maximum atomic E-state index is 12.9. The van der Waals surface area contributed by atoms with Crippen LogP contribution in [0.25, 0.3) is 0 Å². The smallest absolute Gasteiger partial charge is 0.391 e. The molecule has 1 atom stereocenters. The van der Waals surface area contributed by atoms with Crippen LogP contribution in [0, 0.1) is 10.1 Å². The van der Waals surface area contributed by atoms with Crippen LogP contribution in [0.1, 0.15) is 29.5 Å². The first kappa shape index (κ1) is 21.1. The molecule has 0 aliphatic carbocycles. The Morgan fingerprint density at radius 1 is 1.24 bits per heavy atom. The second-order valence-electron chi connectivity index (χ2n) is 7.18. The lowest BCUT2D eigenvalue weighted by Crippen LogP contribution is -2.41. The van der Waals surface area contributed by atoms with Crippen LogP contribution in [-0.2, 0) is 19.3 Å². The minimum atomic E-state index is -4.36. The number of hydrogen-bond donors (Lipinski definition) is 2. The number of likely N-dealkylation sites (tertiary alicyclic amines) is 1. The Labute approximate surface area is 166 Å². The SMILES string of the molecule is O=[N+]([O-])c1cc(N[C@@H]2CCCN(Cc3cccc(C(F)(F)F)c3)C2)ccc1CO. The largest absolute Gasteiger partial charge is 0.416 e. The fourth-order valence-corrected chi connectivity index (χ4v) is 3.61. The van der Waals surface area contributed by atoms with Crippen molar-refractivity contribution in [2.45, 2.75) is 38.2 Å². The second kappa shape index (κ2) is 8.79. The van der Waals surface area contributed by atoms with Crippen molar-refractivity contribution in [3.8, 4) is 0 Å². The molecule has 0 bridgehead atoms. The maximum absolute atomic E-state index is 12.9. The molecule has 1 aliphatic rings. The Hall–Kier alpha value is -2.65. The number of hydrogen-bond acceptors (Lipinski definition) is 5. The number of nitrogens with zero attached hydrogens (tertiary/aromatic N) is 2. The Bertz CT molecular complexity index is 874. The summed E-state index contributed by atoms with van der Waals surface area (Å²) in [5.74, 6) is 0. The van der Waals surface area contributed by atoms with E-state index in [2.05, 4.69) is 10.2 Å². The summed E-state index contributed by atoms with van der Waals surface area (Å²) in [7, 11) is 0. The standard InChI is InChI=1S/C20H22F3N3O3/c21-20(22,23)16-4-1-3-14(9-16)11-25-8-2-5-18(12-25)24-17-7-6-15(13-27)19(10-17)26(28)29/h1,3-4,6-7,9-10,18,24,27H,2,5,8,11-13H2/t18-/m1/s1. The summed E-state index contributed by atoms with van der Waals surface area (Å²) in [6, 6.07) is 9.96. The predicted molar refractivity (Wildman–Crippen MR) is 102 cm³/mol. The molecule has 1 fully saturated rings. The Kier molecular flexibility index (Phi) is 6.39. The number of alkyl halides is 3. The number of aliphatic hydroxyl groups is 1. The van der Waals surface area contributed by atoms with E-state index in [0.717, 1.165) is 25.5 Å². The van der Waals surface area contributed by atoms with Crippen LogP contribution in [0.2, 0.25) is 0 Å². The second-order valence-corrected chi connectivity index (χ2v) is 7.18. The Morgan fingerprint density at radius 2 is 2.03 bits per heavy atom. The molecular weight excluding hydrogens is 387 g/mol. The monoisotopic (exact) mass is 409 g/mol. The van der Waals surface area contributed by atoms with Gasteiger partial charge in [-0.1, -0.05) is 18.2 Å². The highest BCUT2D eigenvalue weighted by Gasteiger charge is 2.30. The van der Waals surface area contributed by atoms with Gasteiger partial charge in [-0.05, 0) is 43.1 Å². The molecule has 0 aromatic heterocycles. The summed E-state index contributed by atoms with van der Waals surface area (Å²) in [4.78, 5) is 12.7. The van der Waals surface area contributed by atoms with E-state index in [4.69, 9.17) is 0 Å². The molecule has 2 aromatic rings. The molecule has 29 heavy (non-hydrogen) atoms. The lowest BCUT2D eigenvalue weighted by atomic mass is 10.0.